The average molecular weight is 320 g/mol. The highest BCUT2D eigenvalue weighted by Gasteiger charge is 2.11. The molecule has 0 aliphatic heterocycles. The SMILES string of the molecule is BCCCC(O)/C=C/C=C\C=C\C=C\C(O)C(O)CCCCC. The van der Waals surface area contributed by atoms with E-state index in [4.69, 9.17) is 0 Å². The largest absolute Gasteiger partial charge is 0.390 e. The number of hydrogen-bond donors (Lipinski definition) is 3. The van der Waals surface area contributed by atoms with Crippen LogP contribution in [-0.2, 0) is 0 Å². The summed E-state index contributed by atoms with van der Waals surface area (Å²) in [5.74, 6) is 0. The van der Waals surface area contributed by atoms with Crippen LogP contribution in [0.25, 0.3) is 0 Å². The second-order valence-electron chi connectivity index (χ2n) is 5.80. The Bertz CT molecular complexity index is 375. The van der Waals surface area contributed by atoms with Crippen molar-refractivity contribution >= 4 is 7.85 Å². The van der Waals surface area contributed by atoms with Crippen molar-refractivity contribution in [2.24, 2.45) is 0 Å². The van der Waals surface area contributed by atoms with Crippen LogP contribution in [0.2, 0.25) is 6.32 Å². The zero-order chi connectivity index (χ0) is 17.3. The van der Waals surface area contributed by atoms with E-state index in [1.807, 2.05) is 24.3 Å². The Balaban J connectivity index is 3.94. The summed E-state index contributed by atoms with van der Waals surface area (Å²) in [7, 11) is 2.11. The minimum absolute atomic E-state index is 0.368. The predicted octanol–water partition coefficient (Wildman–Crippen LogP) is 2.71. The summed E-state index contributed by atoms with van der Waals surface area (Å²) in [4.78, 5) is 0. The van der Waals surface area contributed by atoms with Crippen LogP contribution < -0.4 is 0 Å². The molecule has 23 heavy (non-hydrogen) atoms. The third kappa shape index (κ3) is 14.2. The fourth-order valence-electron chi connectivity index (χ4n) is 2.04. The molecule has 130 valence electrons. The van der Waals surface area contributed by atoms with Gasteiger partial charge in [-0.25, -0.2) is 0 Å². The van der Waals surface area contributed by atoms with Crippen molar-refractivity contribution in [3.8, 4) is 0 Å². The molecule has 3 unspecified atom stereocenters. The molecule has 0 spiro atoms. The van der Waals surface area contributed by atoms with E-state index in [2.05, 4.69) is 14.8 Å². The number of aliphatic hydroxyl groups excluding tert-OH is 3. The van der Waals surface area contributed by atoms with Crippen molar-refractivity contribution in [2.75, 3.05) is 0 Å². The summed E-state index contributed by atoms with van der Waals surface area (Å²) in [6.07, 6.45) is 19.1. The molecular weight excluding hydrogens is 287 g/mol. The summed E-state index contributed by atoms with van der Waals surface area (Å²) >= 11 is 0. The zero-order valence-corrected chi connectivity index (χ0v) is 14.6. The van der Waals surface area contributed by atoms with E-state index in [1.54, 1.807) is 24.3 Å². The van der Waals surface area contributed by atoms with Gasteiger partial charge in [-0.3, -0.25) is 0 Å². The Hall–Kier alpha value is -1.10. The Morgan fingerprint density at radius 2 is 1.39 bits per heavy atom. The van der Waals surface area contributed by atoms with Gasteiger partial charge >= 0.3 is 0 Å². The van der Waals surface area contributed by atoms with Gasteiger partial charge in [0, 0.05) is 0 Å². The lowest BCUT2D eigenvalue weighted by Gasteiger charge is -2.13. The van der Waals surface area contributed by atoms with Crippen LogP contribution in [0.15, 0.2) is 48.6 Å². The third-order valence-electron chi connectivity index (χ3n) is 3.55. The Morgan fingerprint density at radius 1 is 0.783 bits per heavy atom. The fourth-order valence-corrected chi connectivity index (χ4v) is 2.04. The second kappa shape index (κ2) is 15.8. The van der Waals surface area contributed by atoms with Gasteiger partial charge in [0.25, 0.3) is 0 Å². The third-order valence-corrected chi connectivity index (χ3v) is 3.55. The van der Waals surface area contributed by atoms with Gasteiger partial charge in [-0.2, -0.15) is 0 Å². The molecule has 0 saturated heterocycles. The molecule has 0 radical (unpaired) electrons. The number of allylic oxidation sites excluding steroid dienone is 6. The first-order valence-electron chi connectivity index (χ1n) is 8.84. The highest BCUT2D eigenvalue weighted by molar-refractivity contribution is 6.08. The highest BCUT2D eigenvalue weighted by Crippen LogP contribution is 2.07. The number of hydrogen-bond acceptors (Lipinski definition) is 3. The van der Waals surface area contributed by atoms with E-state index < -0.39 is 12.2 Å². The van der Waals surface area contributed by atoms with Crippen molar-refractivity contribution in [1.82, 2.24) is 0 Å². The summed E-state index contributed by atoms with van der Waals surface area (Å²) in [6.45, 7) is 2.11. The fraction of sp³-hybridized carbons (Fsp3) is 0.579. The molecule has 0 aromatic rings. The first kappa shape index (κ1) is 21.9. The molecule has 0 bridgehead atoms. The minimum Gasteiger partial charge on any atom is -0.390 e. The molecule has 0 fully saturated rings. The molecule has 0 amide bonds. The van der Waals surface area contributed by atoms with Crippen molar-refractivity contribution < 1.29 is 15.3 Å². The van der Waals surface area contributed by atoms with Crippen molar-refractivity contribution in [1.29, 1.82) is 0 Å². The van der Waals surface area contributed by atoms with Gasteiger partial charge in [0.1, 0.15) is 7.85 Å². The van der Waals surface area contributed by atoms with E-state index in [0.717, 1.165) is 38.4 Å². The number of unbranched alkanes of at least 4 members (excludes halogenated alkanes) is 2. The van der Waals surface area contributed by atoms with Crippen LogP contribution in [0.3, 0.4) is 0 Å². The van der Waals surface area contributed by atoms with Gasteiger partial charge in [-0.15, -0.1) is 0 Å². The molecule has 3 atom stereocenters. The maximum absolute atomic E-state index is 9.76. The van der Waals surface area contributed by atoms with Crippen LogP contribution in [-0.4, -0.2) is 41.5 Å². The van der Waals surface area contributed by atoms with Crippen LogP contribution >= 0.6 is 0 Å². The number of rotatable bonds is 13. The highest BCUT2D eigenvalue weighted by atomic mass is 16.3. The molecule has 4 heteroatoms. The lowest BCUT2D eigenvalue weighted by Crippen LogP contribution is -2.23. The van der Waals surface area contributed by atoms with E-state index in [0.29, 0.717) is 6.42 Å². The molecule has 0 rings (SSSR count). The lowest BCUT2D eigenvalue weighted by atomic mass is 9.98. The van der Waals surface area contributed by atoms with Crippen molar-refractivity contribution in [2.45, 2.75) is 70.1 Å². The molecule has 0 saturated carbocycles. The molecule has 0 aromatic carbocycles. The molecule has 0 aliphatic rings. The smallest absolute Gasteiger partial charge is 0.101 e. The molecular formula is C19H33BO3. The Kier molecular flexibility index (Phi) is 15.0. The second-order valence-corrected chi connectivity index (χ2v) is 5.80. The Labute approximate surface area is 142 Å². The van der Waals surface area contributed by atoms with E-state index in [9.17, 15) is 15.3 Å². The average Bonchev–Trinajstić information content (AvgIpc) is 2.55. The van der Waals surface area contributed by atoms with Gasteiger partial charge in [-0.1, -0.05) is 87.5 Å². The quantitative estimate of drug-likeness (QED) is 0.278. The molecule has 3 nitrogen and oxygen atoms in total. The standard InChI is InChI=1S/C19H33BO3/c1-2-3-8-14-18(22)19(23)15-10-7-5-4-6-9-12-17(21)13-11-16-20/h4-7,9-10,12,15,17-19,21-23H,2-3,8,11,13-14,16,20H2,1H3/b6-4-,7-5+,12-9+,15-10+. The van der Waals surface area contributed by atoms with Gasteiger partial charge in [0.05, 0.1) is 18.3 Å². The van der Waals surface area contributed by atoms with Crippen LogP contribution in [0.1, 0.15) is 45.4 Å². The monoisotopic (exact) mass is 320 g/mol. The lowest BCUT2D eigenvalue weighted by molar-refractivity contribution is 0.0415. The van der Waals surface area contributed by atoms with Crippen LogP contribution in [0.5, 0.6) is 0 Å². The maximum atomic E-state index is 9.76. The predicted molar refractivity (Wildman–Crippen MR) is 101 cm³/mol. The first-order chi connectivity index (χ1) is 11.1. The zero-order valence-electron chi connectivity index (χ0n) is 14.6. The van der Waals surface area contributed by atoms with Crippen LogP contribution in [0, 0.1) is 0 Å². The molecule has 0 aromatic heterocycles. The summed E-state index contributed by atoms with van der Waals surface area (Å²) in [5, 5.41) is 29.1. The Morgan fingerprint density at radius 3 is 2.00 bits per heavy atom. The van der Waals surface area contributed by atoms with E-state index in [1.165, 1.54) is 0 Å². The molecule has 3 N–H and O–H groups in total. The van der Waals surface area contributed by atoms with Crippen molar-refractivity contribution in [3.05, 3.63) is 48.6 Å². The van der Waals surface area contributed by atoms with Gasteiger partial charge < -0.3 is 15.3 Å². The number of aliphatic hydroxyl groups is 3. The summed E-state index contributed by atoms with van der Waals surface area (Å²) in [5.41, 5.74) is 0. The summed E-state index contributed by atoms with van der Waals surface area (Å²) < 4.78 is 0. The summed E-state index contributed by atoms with van der Waals surface area (Å²) in [6, 6.07) is 0. The van der Waals surface area contributed by atoms with E-state index >= 15 is 0 Å². The van der Waals surface area contributed by atoms with Crippen molar-refractivity contribution in [3.63, 3.8) is 0 Å². The van der Waals surface area contributed by atoms with Gasteiger partial charge in [-0.05, 0) is 12.8 Å². The first-order valence-corrected chi connectivity index (χ1v) is 8.84. The molecule has 0 heterocycles. The van der Waals surface area contributed by atoms with Crippen LogP contribution in [0.4, 0.5) is 0 Å². The normalized spacial score (nSPS) is 16.9. The van der Waals surface area contributed by atoms with E-state index in [-0.39, 0.29) is 6.10 Å². The topological polar surface area (TPSA) is 60.7 Å². The maximum Gasteiger partial charge on any atom is 0.101 e. The van der Waals surface area contributed by atoms with Gasteiger partial charge in [0.2, 0.25) is 0 Å². The minimum atomic E-state index is -0.811. The molecule has 0 aliphatic carbocycles. The van der Waals surface area contributed by atoms with Gasteiger partial charge in [0.15, 0.2) is 0 Å².